The van der Waals surface area contributed by atoms with Crippen molar-refractivity contribution in [3.8, 4) is 0 Å². The van der Waals surface area contributed by atoms with Crippen LogP contribution in [0.2, 0.25) is 0 Å². The Morgan fingerprint density at radius 1 is 1.12 bits per heavy atom. The van der Waals surface area contributed by atoms with E-state index in [-0.39, 0.29) is 22.9 Å². The summed E-state index contributed by atoms with van der Waals surface area (Å²) in [6.07, 6.45) is 6.71. The number of anilines is 2. The fourth-order valence-corrected chi connectivity index (χ4v) is 4.04. The second-order valence-electron chi connectivity index (χ2n) is 7.58. The highest BCUT2D eigenvalue weighted by atomic mass is 16.6. The molecule has 3 aromatic rings. The highest BCUT2D eigenvalue weighted by Crippen LogP contribution is 2.30. The number of pyridine rings is 2. The normalized spacial score (nSPS) is 13.8. The van der Waals surface area contributed by atoms with E-state index in [1.165, 1.54) is 13.3 Å². The second-order valence-corrected chi connectivity index (χ2v) is 7.58. The van der Waals surface area contributed by atoms with Crippen molar-refractivity contribution < 1.29 is 19.8 Å². The lowest BCUT2D eigenvalue weighted by Gasteiger charge is -2.26. The maximum atomic E-state index is 13.3. The summed E-state index contributed by atoms with van der Waals surface area (Å²) in [4.78, 5) is 47.3. The summed E-state index contributed by atoms with van der Waals surface area (Å²) >= 11 is 0. The number of hydrogen-bond donors (Lipinski definition) is 3. The maximum Gasteiger partial charge on any atom is 0.503 e. The zero-order valence-electron chi connectivity index (χ0n) is 17.9. The molecule has 0 spiro atoms. The molecule has 0 amide bonds. The van der Waals surface area contributed by atoms with Crippen LogP contribution in [-0.2, 0) is 0 Å². The topological polar surface area (TPSA) is 147 Å². The quantitative estimate of drug-likeness (QED) is 0.509. The number of nitrogens with zero attached hydrogens (tertiary/aromatic N) is 4. The van der Waals surface area contributed by atoms with Crippen LogP contribution in [0.3, 0.4) is 0 Å². The molecule has 0 aromatic carbocycles. The first-order valence-corrected chi connectivity index (χ1v) is 10.3. The first-order chi connectivity index (χ1) is 15.3. The average molecular weight is 439 g/mol. The summed E-state index contributed by atoms with van der Waals surface area (Å²) in [6, 6.07) is 5.59. The molecule has 4 rings (SSSR count). The van der Waals surface area contributed by atoms with E-state index in [1.807, 2.05) is 18.2 Å². The average Bonchev–Trinajstić information content (AvgIpc) is 2.74. The van der Waals surface area contributed by atoms with Gasteiger partial charge in [0.15, 0.2) is 5.78 Å². The number of hydrogen-bond acceptors (Lipinski definition) is 7. The fraction of sp³-hybridized carbons (Fsp3) is 0.364. The Kier molecular flexibility index (Phi) is 7.14. The number of carboxylic acid groups (broad SMARTS) is 2. The lowest BCUT2D eigenvalue weighted by molar-refractivity contribution is 0.101. The zero-order chi connectivity index (χ0) is 23.3. The highest BCUT2D eigenvalue weighted by Gasteiger charge is 2.25. The Labute approximate surface area is 184 Å². The molecule has 0 bridgehead atoms. The van der Waals surface area contributed by atoms with Crippen LogP contribution in [0.25, 0.3) is 11.0 Å². The van der Waals surface area contributed by atoms with Gasteiger partial charge in [-0.25, -0.2) is 14.8 Å². The van der Waals surface area contributed by atoms with Gasteiger partial charge in [-0.1, -0.05) is 25.3 Å². The molecule has 0 unspecified atom stereocenters. The minimum atomic E-state index is -1.83. The Morgan fingerprint density at radius 3 is 2.41 bits per heavy atom. The minimum Gasteiger partial charge on any atom is -0.450 e. The van der Waals surface area contributed by atoms with Gasteiger partial charge >= 0.3 is 6.16 Å². The monoisotopic (exact) mass is 439 g/mol. The van der Waals surface area contributed by atoms with E-state index in [9.17, 15) is 9.59 Å². The maximum absolute atomic E-state index is 13.3. The standard InChI is InChI=1S/C21H23N5O2.CH2O3/c1-13-16-12-23-21(24-17-10-6-7-11-22-17)25-19(16)26(15-8-4-3-5-9-15)20(28)18(13)14(2)27;2-1(3)4/h6-7,10-12,15H,3-5,8-9H2,1-2H3,(H,22,23,24,25);(H2,2,3,4). The highest BCUT2D eigenvalue weighted by molar-refractivity contribution is 5.99. The van der Waals surface area contributed by atoms with Crippen LogP contribution < -0.4 is 10.9 Å². The van der Waals surface area contributed by atoms with E-state index in [0.29, 0.717) is 23.0 Å². The molecule has 1 aliphatic rings. The molecule has 1 aliphatic carbocycles. The van der Waals surface area contributed by atoms with Gasteiger partial charge in [-0.05, 0) is 44.4 Å². The van der Waals surface area contributed by atoms with E-state index in [0.717, 1.165) is 31.1 Å². The molecular weight excluding hydrogens is 414 g/mol. The van der Waals surface area contributed by atoms with E-state index >= 15 is 0 Å². The molecule has 0 atom stereocenters. The first kappa shape index (κ1) is 22.9. The molecule has 168 valence electrons. The van der Waals surface area contributed by atoms with Gasteiger partial charge in [0, 0.05) is 23.8 Å². The van der Waals surface area contributed by atoms with E-state index < -0.39 is 6.16 Å². The summed E-state index contributed by atoms with van der Waals surface area (Å²) in [5.41, 5.74) is 1.22. The summed E-state index contributed by atoms with van der Waals surface area (Å²) in [5.74, 6) is 0.792. The van der Waals surface area contributed by atoms with Gasteiger partial charge in [-0.15, -0.1) is 0 Å². The Bertz CT molecular complexity index is 1180. The second kappa shape index (κ2) is 9.99. The smallest absolute Gasteiger partial charge is 0.450 e. The lowest BCUT2D eigenvalue weighted by Crippen LogP contribution is -2.32. The molecule has 10 nitrogen and oxygen atoms in total. The van der Waals surface area contributed by atoms with Crippen LogP contribution in [0.1, 0.15) is 61.0 Å². The fourth-order valence-electron chi connectivity index (χ4n) is 4.04. The van der Waals surface area contributed by atoms with Gasteiger partial charge in [0.25, 0.3) is 5.56 Å². The van der Waals surface area contributed by atoms with Gasteiger partial charge < -0.3 is 15.5 Å². The van der Waals surface area contributed by atoms with Crippen molar-refractivity contribution in [1.29, 1.82) is 0 Å². The molecule has 1 fully saturated rings. The van der Waals surface area contributed by atoms with Crippen LogP contribution in [0, 0.1) is 6.92 Å². The number of rotatable bonds is 4. The largest absolute Gasteiger partial charge is 0.503 e. The molecule has 0 aliphatic heterocycles. The van der Waals surface area contributed by atoms with Crippen molar-refractivity contribution in [3.05, 3.63) is 52.1 Å². The molecule has 3 heterocycles. The third-order valence-electron chi connectivity index (χ3n) is 5.41. The molecule has 10 heteroatoms. The zero-order valence-corrected chi connectivity index (χ0v) is 17.9. The van der Waals surface area contributed by atoms with Gasteiger partial charge in [-0.2, -0.15) is 4.98 Å². The third kappa shape index (κ3) is 5.08. The van der Waals surface area contributed by atoms with Crippen LogP contribution in [0.5, 0.6) is 0 Å². The lowest BCUT2D eigenvalue weighted by atomic mass is 9.94. The summed E-state index contributed by atoms with van der Waals surface area (Å²) in [6.45, 7) is 3.24. The third-order valence-corrected chi connectivity index (χ3v) is 5.41. The van der Waals surface area contributed by atoms with Crippen LogP contribution in [-0.4, -0.2) is 41.7 Å². The number of Topliss-reactive ketones (excluding diaryl/α,β-unsaturated/α-hetero) is 1. The molecule has 0 radical (unpaired) electrons. The van der Waals surface area contributed by atoms with Crippen molar-refractivity contribution in [2.75, 3.05) is 5.32 Å². The van der Waals surface area contributed by atoms with Crippen molar-refractivity contribution in [2.45, 2.75) is 52.0 Å². The summed E-state index contributed by atoms with van der Waals surface area (Å²) < 4.78 is 1.73. The number of aryl methyl sites for hydroxylation is 1. The molecule has 3 aromatic heterocycles. The van der Waals surface area contributed by atoms with Gasteiger partial charge in [0.1, 0.15) is 11.5 Å². The van der Waals surface area contributed by atoms with Crippen LogP contribution in [0.15, 0.2) is 35.4 Å². The predicted molar refractivity (Wildman–Crippen MR) is 119 cm³/mol. The predicted octanol–water partition coefficient (Wildman–Crippen LogP) is 4.17. The van der Waals surface area contributed by atoms with E-state index in [2.05, 4.69) is 20.3 Å². The van der Waals surface area contributed by atoms with E-state index in [1.54, 1.807) is 23.9 Å². The van der Waals surface area contributed by atoms with E-state index in [4.69, 9.17) is 15.0 Å². The minimum absolute atomic E-state index is 0.0556. The number of carbonyl (C=O) groups is 2. The number of ketones is 1. The Hall–Kier alpha value is -3.82. The molecule has 32 heavy (non-hydrogen) atoms. The molecule has 0 saturated heterocycles. The SMILES string of the molecule is CC(=O)c1c(C)c2cnc(Nc3ccccn3)nc2n(C2CCCCC2)c1=O.O=C(O)O. The van der Waals surface area contributed by atoms with Crippen LogP contribution in [0.4, 0.5) is 16.6 Å². The summed E-state index contributed by atoms with van der Waals surface area (Å²) in [5, 5.41) is 17.8. The number of aromatic nitrogens is 4. The Balaban J connectivity index is 0.000000668. The van der Waals surface area contributed by atoms with Gasteiger partial charge in [0.2, 0.25) is 5.95 Å². The van der Waals surface area contributed by atoms with Crippen molar-refractivity contribution in [2.24, 2.45) is 0 Å². The van der Waals surface area contributed by atoms with Gasteiger partial charge in [0.05, 0.1) is 5.56 Å². The molecule has 3 N–H and O–H groups in total. The molecular formula is C22H25N5O5. The first-order valence-electron chi connectivity index (χ1n) is 10.3. The number of fused-ring (bicyclic) bond motifs is 1. The number of nitrogens with one attached hydrogen (secondary N) is 1. The molecule has 1 saturated carbocycles. The summed E-state index contributed by atoms with van der Waals surface area (Å²) in [7, 11) is 0. The van der Waals surface area contributed by atoms with Crippen molar-refractivity contribution in [3.63, 3.8) is 0 Å². The van der Waals surface area contributed by atoms with Crippen molar-refractivity contribution >= 4 is 34.7 Å². The van der Waals surface area contributed by atoms with Crippen molar-refractivity contribution in [1.82, 2.24) is 19.5 Å². The number of carbonyl (C=O) groups excluding carboxylic acids is 1. The van der Waals surface area contributed by atoms with Gasteiger partial charge in [-0.3, -0.25) is 14.2 Å². The Morgan fingerprint density at radius 2 is 1.81 bits per heavy atom. The van der Waals surface area contributed by atoms with Crippen LogP contribution >= 0.6 is 0 Å².